The molecule has 1 fully saturated rings. The van der Waals surface area contributed by atoms with Crippen molar-refractivity contribution in [1.29, 1.82) is 0 Å². The largest absolute Gasteiger partial charge is 0.378 e. The van der Waals surface area contributed by atoms with Crippen LogP contribution in [0.5, 0.6) is 0 Å². The molecule has 0 aliphatic carbocycles. The van der Waals surface area contributed by atoms with Gasteiger partial charge in [-0.2, -0.15) is 0 Å². The Morgan fingerprint density at radius 1 is 1.29 bits per heavy atom. The first-order valence-corrected chi connectivity index (χ1v) is 6.56. The summed E-state index contributed by atoms with van der Waals surface area (Å²) < 4.78 is 5.55. The minimum atomic E-state index is 0.404. The normalized spacial score (nSPS) is 24.9. The van der Waals surface area contributed by atoms with Crippen LogP contribution in [0, 0.1) is 13.8 Å². The van der Waals surface area contributed by atoms with Crippen LogP contribution in [0.1, 0.15) is 36.5 Å². The number of aryl methyl sites for hydroxylation is 2. The van der Waals surface area contributed by atoms with Gasteiger partial charge in [0.25, 0.3) is 0 Å². The number of hydrogen-bond donors (Lipinski definition) is 1. The number of nitrogens with one attached hydrogen (secondary N) is 1. The molecular formula is C15H23NO. The highest BCUT2D eigenvalue weighted by molar-refractivity contribution is 5.29. The summed E-state index contributed by atoms with van der Waals surface area (Å²) in [5, 5.41) is 3.63. The molecule has 1 aromatic rings. The van der Waals surface area contributed by atoms with Crippen LogP contribution in [0.15, 0.2) is 18.2 Å². The first-order valence-electron chi connectivity index (χ1n) is 6.56. The predicted octanol–water partition coefficient (Wildman–Crippen LogP) is 2.96. The highest BCUT2D eigenvalue weighted by Crippen LogP contribution is 2.15. The van der Waals surface area contributed by atoms with Crippen LogP contribution in [0.25, 0.3) is 0 Å². The Morgan fingerprint density at radius 2 is 2.12 bits per heavy atom. The highest BCUT2D eigenvalue weighted by atomic mass is 16.5. The quantitative estimate of drug-likeness (QED) is 0.866. The van der Waals surface area contributed by atoms with Crippen LogP contribution in [-0.2, 0) is 11.3 Å². The van der Waals surface area contributed by atoms with Gasteiger partial charge in [0.05, 0.1) is 6.10 Å². The summed E-state index contributed by atoms with van der Waals surface area (Å²) in [5.74, 6) is 0. The molecule has 1 heterocycles. The van der Waals surface area contributed by atoms with E-state index in [2.05, 4.69) is 44.3 Å². The fraction of sp³-hybridized carbons (Fsp3) is 0.600. The van der Waals surface area contributed by atoms with Crippen molar-refractivity contribution in [1.82, 2.24) is 5.32 Å². The van der Waals surface area contributed by atoms with E-state index in [0.717, 1.165) is 26.0 Å². The van der Waals surface area contributed by atoms with E-state index >= 15 is 0 Å². The van der Waals surface area contributed by atoms with Crippen LogP contribution in [0.3, 0.4) is 0 Å². The van der Waals surface area contributed by atoms with Gasteiger partial charge in [-0.05, 0) is 50.3 Å². The molecule has 0 radical (unpaired) electrons. The van der Waals surface area contributed by atoms with Crippen molar-refractivity contribution in [2.45, 2.75) is 52.3 Å². The third-order valence-electron chi connectivity index (χ3n) is 3.65. The lowest BCUT2D eigenvalue weighted by molar-refractivity contribution is 0.0130. The topological polar surface area (TPSA) is 21.3 Å². The van der Waals surface area contributed by atoms with Gasteiger partial charge in [0, 0.05) is 19.2 Å². The van der Waals surface area contributed by atoms with Crippen molar-refractivity contribution in [3.63, 3.8) is 0 Å². The Bertz CT molecular complexity index is 375. The molecule has 1 saturated heterocycles. The van der Waals surface area contributed by atoms with E-state index in [1.165, 1.54) is 16.7 Å². The first kappa shape index (κ1) is 12.6. The zero-order valence-corrected chi connectivity index (χ0v) is 11.1. The predicted molar refractivity (Wildman–Crippen MR) is 71.2 cm³/mol. The first-order chi connectivity index (χ1) is 8.15. The van der Waals surface area contributed by atoms with E-state index in [-0.39, 0.29) is 0 Å². The van der Waals surface area contributed by atoms with Crippen molar-refractivity contribution < 1.29 is 4.74 Å². The molecule has 1 aromatic carbocycles. The molecule has 1 aliphatic heterocycles. The van der Waals surface area contributed by atoms with Gasteiger partial charge in [-0.3, -0.25) is 0 Å². The third-order valence-corrected chi connectivity index (χ3v) is 3.65. The van der Waals surface area contributed by atoms with Gasteiger partial charge in [0.2, 0.25) is 0 Å². The zero-order chi connectivity index (χ0) is 12.3. The van der Waals surface area contributed by atoms with Crippen molar-refractivity contribution >= 4 is 0 Å². The fourth-order valence-electron chi connectivity index (χ4n) is 2.36. The Morgan fingerprint density at radius 3 is 2.82 bits per heavy atom. The summed E-state index contributed by atoms with van der Waals surface area (Å²) in [6, 6.07) is 7.32. The van der Waals surface area contributed by atoms with Gasteiger partial charge in [0.15, 0.2) is 0 Å². The van der Waals surface area contributed by atoms with Gasteiger partial charge in [0.1, 0.15) is 0 Å². The minimum absolute atomic E-state index is 0.404. The summed E-state index contributed by atoms with van der Waals surface area (Å²) >= 11 is 0. The molecule has 2 nitrogen and oxygen atoms in total. The zero-order valence-electron chi connectivity index (χ0n) is 11.1. The van der Waals surface area contributed by atoms with Gasteiger partial charge >= 0.3 is 0 Å². The van der Waals surface area contributed by atoms with E-state index < -0.39 is 0 Å². The van der Waals surface area contributed by atoms with E-state index in [1.807, 2.05) is 0 Å². The average molecular weight is 233 g/mol. The second-order valence-electron chi connectivity index (χ2n) is 5.20. The number of ether oxygens (including phenoxy) is 1. The fourth-order valence-corrected chi connectivity index (χ4v) is 2.36. The van der Waals surface area contributed by atoms with Crippen molar-refractivity contribution in [3.8, 4) is 0 Å². The second kappa shape index (κ2) is 5.65. The number of hydrogen-bond acceptors (Lipinski definition) is 2. The van der Waals surface area contributed by atoms with Crippen LogP contribution in [0.4, 0.5) is 0 Å². The van der Waals surface area contributed by atoms with Crippen molar-refractivity contribution in [2.75, 3.05) is 6.61 Å². The van der Waals surface area contributed by atoms with Gasteiger partial charge in [-0.15, -0.1) is 0 Å². The number of benzene rings is 1. The molecule has 2 heteroatoms. The summed E-state index contributed by atoms with van der Waals surface area (Å²) in [7, 11) is 0. The summed E-state index contributed by atoms with van der Waals surface area (Å²) in [5.41, 5.74) is 4.13. The van der Waals surface area contributed by atoms with E-state index in [9.17, 15) is 0 Å². The van der Waals surface area contributed by atoms with Gasteiger partial charge in [-0.1, -0.05) is 18.2 Å². The molecule has 0 amide bonds. The van der Waals surface area contributed by atoms with Gasteiger partial charge < -0.3 is 10.1 Å². The Balaban J connectivity index is 1.86. The summed E-state index contributed by atoms with van der Waals surface area (Å²) in [4.78, 5) is 0. The molecule has 2 unspecified atom stereocenters. The standard InChI is InChI=1S/C15H23NO/c1-11-4-5-14(8-12(11)2)10-16-15-6-7-17-13(3)9-15/h4-5,8,13,15-16H,6-7,9-10H2,1-3H3. The van der Waals surface area contributed by atoms with Gasteiger partial charge in [-0.25, -0.2) is 0 Å². The molecule has 0 saturated carbocycles. The molecule has 1 N–H and O–H groups in total. The molecule has 0 aromatic heterocycles. The monoisotopic (exact) mass is 233 g/mol. The lowest BCUT2D eigenvalue weighted by Gasteiger charge is -2.28. The smallest absolute Gasteiger partial charge is 0.0561 e. The molecular weight excluding hydrogens is 210 g/mol. The number of rotatable bonds is 3. The molecule has 0 spiro atoms. The lowest BCUT2D eigenvalue weighted by Crippen LogP contribution is -2.37. The Kier molecular flexibility index (Phi) is 4.19. The molecule has 1 aliphatic rings. The summed E-state index contributed by atoms with van der Waals surface area (Å²) in [6.45, 7) is 8.36. The maximum atomic E-state index is 5.55. The van der Waals surface area contributed by atoms with Crippen molar-refractivity contribution in [3.05, 3.63) is 34.9 Å². The second-order valence-corrected chi connectivity index (χ2v) is 5.20. The molecule has 2 atom stereocenters. The average Bonchev–Trinajstić information content (AvgIpc) is 2.31. The maximum absolute atomic E-state index is 5.55. The van der Waals surface area contributed by atoms with Crippen LogP contribution < -0.4 is 5.32 Å². The molecule has 17 heavy (non-hydrogen) atoms. The van der Waals surface area contributed by atoms with Crippen LogP contribution in [0.2, 0.25) is 0 Å². The highest BCUT2D eigenvalue weighted by Gasteiger charge is 2.18. The lowest BCUT2D eigenvalue weighted by atomic mass is 10.0. The maximum Gasteiger partial charge on any atom is 0.0561 e. The molecule has 0 bridgehead atoms. The van der Waals surface area contributed by atoms with Crippen LogP contribution in [-0.4, -0.2) is 18.8 Å². The summed E-state index contributed by atoms with van der Waals surface area (Å²) in [6.07, 6.45) is 2.67. The SMILES string of the molecule is Cc1ccc(CNC2CCOC(C)C2)cc1C. The molecule has 2 rings (SSSR count). The molecule has 94 valence electrons. The van der Waals surface area contributed by atoms with Crippen LogP contribution >= 0.6 is 0 Å². The third kappa shape index (κ3) is 3.55. The van der Waals surface area contributed by atoms with E-state index in [1.54, 1.807) is 0 Å². The minimum Gasteiger partial charge on any atom is -0.378 e. The Labute approximate surface area is 104 Å². The Hall–Kier alpha value is -0.860. The van der Waals surface area contributed by atoms with E-state index in [4.69, 9.17) is 4.74 Å². The van der Waals surface area contributed by atoms with Crippen molar-refractivity contribution in [2.24, 2.45) is 0 Å². The van der Waals surface area contributed by atoms with E-state index in [0.29, 0.717) is 12.1 Å².